The van der Waals surface area contributed by atoms with Gasteiger partial charge in [-0.1, -0.05) is 0 Å². The van der Waals surface area contributed by atoms with Crippen LogP contribution in [0.25, 0.3) is 0 Å². The summed E-state index contributed by atoms with van der Waals surface area (Å²) >= 11 is 5.76. The van der Waals surface area contributed by atoms with Crippen LogP contribution in [0.5, 0.6) is 0 Å². The average Bonchev–Trinajstić information content (AvgIpc) is 2.66. The minimum Gasteiger partial charge on any atom is -0.466 e. The van der Waals surface area contributed by atoms with Crippen LogP contribution >= 0.6 is 11.6 Å². The van der Waals surface area contributed by atoms with Gasteiger partial charge in [-0.2, -0.15) is 0 Å². The molecular formula is C11H16ClN3O5. The largest absolute Gasteiger partial charge is 0.466 e. The maximum absolute atomic E-state index is 10.6. The number of nitrogens with zero attached hydrogens (tertiary/aromatic N) is 3. The minimum absolute atomic E-state index is 0.0584. The molecule has 0 fully saturated rings. The van der Waals surface area contributed by atoms with Crippen molar-refractivity contribution < 1.29 is 19.6 Å². The molecule has 20 heavy (non-hydrogen) atoms. The van der Waals surface area contributed by atoms with Gasteiger partial charge >= 0.3 is 17.1 Å². The van der Waals surface area contributed by atoms with E-state index in [2.05, 4.69) is 4.98 Å². The Hall–Kier alpha value is -1.67. The standard InChI is InChI=1S/C11H16ClN3O5/c1-8(16)20-5-3-4-11(2,17)7-14-6-9(15(18)19)13-10(14)12/h6,17H,3-5,7H2,1-2H3. The lowest BCUT2D eigenvalue weighted by molar-refractivity contribution is -0.389. The van der Waals surface area contributed by atoms with Crippen molar-refractivity contribution in [1.29, 1.82) is 0 Å². The van der Waals surface area contributed by atoms with Crippen molar-refractivity contribution in [3.63, 3.8) is 0 Å². The van der Waals surface area contributed by atoms with Crippen molar-refractivity contribution in [2.24, 2.45) is 0 Å². The number of rotatable bonds is 7. The van der Waals surface area contributed by atoms with E-state index in [9.17, 15) is 20.0 Å². The van der Waals surface area contributed by atoms with Gasteiger partial charge in [-0.3, -0.25) is 9.36 Å². The van der Waals surface area contributed by atoms with Gasteiger partial charge in [0.25, 0.3) is 0 Å². The van der Waals surface area contributed by atoms with Gasteiger partial charge in [-0.25, -0.2) is 0 Å². The number of halogens is 1. The van der Waals surface area contributed by atoms with Crippen LogP contribution in [0.3, 0.4) is 0 Å². The van der Waals surface area contributed by atoms with Crippen LogP contribution in [0.1, 0.15) is 26.7 Å². The first kappa shape index (κ1) is 16.4. The zero-order chi connectivity index (χ0) is 15.3. The van der Waals surface area contributed by atoms with Crippen molar-refractivity contribution in [2.75, 3.05) is 6.61 Å². The third kappa shape index (κ3) is 5.14. The van der Waals surface area contributed by atoms with Crippen LogP contribution in [0.2, 0.25) is 5.28 Å². The fourth-order valence-corrected chi connectivity index (χ4v) is 1.89. The predicted molar refractivity (Wildman–Crippen MR) is 70.4 cm³/mol. The van der Waals surface area contributed by atoms with Gasteiger partial charge in [-0.15, -0.1) is 0 Å². The maximum Gasteiger partial charge on any atom is 0.383 e. The average molecular weight is 306 g/mol. The highest BCUT2D eigenvalue weighted by molar-refractivity contribution is 6.28. The van der Waals surface area contributed by atoms with E-state index in [1.54, 1.807) is 6.92 Å². The van der Waals surface area contributed by atoms with Crippen molar-refractivity contribution in [1.82, 2.24) is 9.55 Å². The van der Waals surface area contributed by atoms with Gasteiger partial charge in [0.2, 0.25) is 0 Å². The summed E-state index contributed by atoms with van der Waals surface area (Å²) in [7, 11) is 0. The molecule has 0 bridgehead atoms. The van der Waals surface area contributed by atoms with Crippen molar-refractivity contribution >= 4 is 23.4 Å². The minimum atomic E-state index is -1.14. The summed E-state index contributed by atoms with van der Waals surface area (Å²) in [5.74, 6) is -0.747. The number of hydrogen-bond acceptors (Lipinski definition) is 6. The van der Waals surface area contributed by atoms with Crippen LogP contribution in [0.4, 0.5) is 5.82 Å². The Balaban J connectivity index is 2.57. The molecule has 0 aliphatic rings. The molecule has 8 nitrogen and oxygen atoms in total. The fraction of sp³-hybridized carbons (Fsp3) is 0.636. The van der Waals surface area contributed by atoms with Gasteiger partial charge in [0.1, 0.15) is 6.20 Å². The van der Waals surface area contributed by atoms with Crippen LogP contribution in [-0.2, 0) is 16.1 Å². The van der Waals surface area contributed by atoms with Crippen LogP contribution < -0.4 is 0 Å². The number of esters is 1. The van der Waals surface area contributed by atoms with Gasteiger partial charge in [0, 0.05) is 6.92 Å². The van der Waals surface area contributed by atoms with Crippen LogP contribution in [-0.4, -0.2) is 37.8 Å². The number of nitro groups is 1. The summed E-state index contributed by atoms with van der Waals surface area (Å²) in [5, 5.41) is 20.7. The number of hydrogen-bond donors (Lipinski definition) is 1. The van der Waals surface area contributed by atoms with Crippen molar-refractivity contribution in [3.8, 4) is 0 Å². The summed E-state index contributed by atoms with van der Waals surface area (Å²) in [5.41, 5.74) is -1.14. The Labute approximate surface area is 120 Å². The van der Waals surface area contributed by atoms with Crippen LogP contribution in [0, 0.1) is 10.1 Å². The lowest BCUT2D eigenvalue weighted by atomic mass is 10.0. The number of carbonyl (C=O) groups excluding carboxylic acids is 1. The van der Waals surface area contributed by atoms with E-state index in [-0.39, 0.29) is 30.2 Å². The molecule has 1 unspecified atom stereocenters. The predicted octanol–water partition coefficient (Wildman–Crippen LogP) is 1.54. The van der Waals surface area contributed by atoms with Crippen LogP contribution in [0.15, 0.2) is 6.20 Å². The normalized spacial score (nSPS) is 13.8. The van der Waals surface area contributed by atoms with E-state index < -0.39 is 10.5 Å². The third-order valence-electron chi connectivity index (χ3n) is 2.58. The van der Waals surface area contributed by atoms with E-state index in [1.807, 2.05) is 0 Å². The Morgan fingerprint density at radius 1 is 1.70 bits per heavy atom. The topological polar surface area (TPSA) is 107 Å². The first-order valence-corrected chi connectivity index (χ1v) is 6.32. The second-order valence-electron chi connectivity index (χ2n) is 4.69. The maximum atomic E-state index is 10.6. The first-order valence-electron chi connectivity index (χ1n) is 5.94. The van der Waals surface area contributed by atoms with E-state index in [1.165, 1.54) is 17.7 Å². The van der Waals surface area contributed by atoms with Gasteiger partial charge in [0.15, 0.2) is 0 Å². The quantitative estimate of drug-likeness (QED) is 0.354. The first-order chi connectivity index (χ1) is 9.21. The molecule has 0 spiro atoms. The second kappa shape index (κ2) is 6.67. The molecule has 9 heteroatoms. The summed E-state index contributed by atoms with van der Waals surface area (Å²) in [4.78, 5) is 24.1. The van der Waals surface area contributed by atoms with E-state index in [0.29, 0.717) is 12.8 Å². The molecule has 0 aliphatic carbocycles. The number of ether oxygens (including phenoxy) is 1. The highest BCUT2D eigenvalue weighted by Crippen LogP contribution is 2.21. The molecule has 1 N–H and O–H groups in total. The molecule has 0 aromatic carbocycles. The zero-order valence-electron chi connectivity index (χ0n) is 11.2. The highest BCUT2D eigenvalue weighted by atomic mass is 35.5. The molecule has 0 radical (unpaired) electrons. The summed E-state index contributed by atoms with van der Waals surface area (Å²) in [6.07, 6.45) is 1.99. The Kier molecular flexibility index (Phi) is 5.46. The lowest BCUT2D eigenvalue weighted by Crippen LogP contribution is -2.30. The molecule has 0 saturated heterocycles. The summed E-state index contributed by atoms with van der Waals surface area (Å²) in [6.45, 7) is 3.15. The Bertz CT molecular complexity index is 500. The van der Waals surface area contributed by atoms with E-state index >= 15 is 0 Å². The van der Waals surface area contributed by atoms with Gasteiger partial charge in [0.05, 0.1) is 18.8 Å². The summed E-state index contributed by atoms with van der Waals surface area (Å²) < 4.78 is 6.07. The molecule has 1 atom stereocenters. The molecule has 1 aromatic rings. The highest BCUT2D eigenvalue weighted by Gasteiger charge is 2.25. The lowest BCUT2D eigenvalue weighted by Gasteiger charge is -2.23. The molecule has 1 aromatic heterocycles. The van der Waals surface area contributed by atoms with Gasteiger partial charge in [-0.05, 0) is 41.3 Å². The molecule has 1 heterocycles. The molecule has 112 valence electrons. The smallest absolute Gasteiger partial charge is 0.383 e. The molecular weight excluding hydrogens is 290 g/mol. The number of aliphatic hydroxyl groups is 1. The molecule has 0 amide bonds. The number of imidazole rings is 1. The molecule has 0 saturated carbocycles. The number of aromatic nitrogens is 2. The fourth-order valence-electron chi connectivity index (χ4n) is 1.69. The van der Waals surface area contributed by atoms with Crippen molar-refractivity contribution in [2.45, 2.75) is 38.8 Å². The zero-order valence-corrected chi connectivity index (χ0v) is 12.0. The molecule has 0 aliphatic heterocycles. The Morgan fingerprint density at radius 2 is 2.35 bits per heavy atom. The van der Waals surface area contributed by atoms with E-state index in [4.69, 9.17) is 16.3 Å². The van der Waals surface area contributed by atoms with Gasteiger partial charge < -0.3 is 20.0 Å². The Morgan fingerprint density at radius 3 is 2.85 bits per heavy atom. The monoisotopic (exact) mass is 305 g/mol. The third-order valence-corrected chi connectivity index (χ3v) is 2.88. The summed E-state index contributed by atoms with van der Waals surface area (Å²) in [6, 6.07) is 0. The SMILES string of the molecule is CC(=O)OCCCC(C)(O)Cn1cc([N+](=O)[O-])nc1Cl. The number of carbonyl (C=O) groups is 1. The van der Waals surface area contributed by atoms with E-state index in [0.717, 1.165) is 0 Å². The second-order valence-corrected chi connectivity index (χ2v) is 5.03. The molecule has 1 rings (SSSR count). The van der Waals surface area contributed by atoms with Crippen molar-refractivity contribution in [3.05, 3.63) is 21.6 Å².